The summed E-state index contributed by atoms with van der Waals surface area (Å²) in [4.78, 5) is 72.4. The van der Waals surface area contributed by atoms with Gasteiger partial charge in [0.05, 0.1) is 56.1 Å². The number of carbonyl (C=O) groups excluding carboxylic acids is 4. The number of methoxy groups -OCH3 is 2. The molecule has 14 nitrogen and oxygen atoms in total. The summed E-state index contributed by atoms with van der Waals surface area (Å²) in [5.74, 6) is 0.868. The monoisotopic (exact) mass is 826 g/mol. The normalized spacial score (nSPS) is 18.9. The van der Waals surface area contributed by atoms with Crippen LogP contribution in [0.15, 0.2) is 97.3 Å². The lowest BCUT2D eigenvalue weighted by atomic mass is 9.81. The quantitative estimate of drug-likeness (QED) is 0.0934. The maximum absolute atomic E-state index is 14.0. The molecule has 7 rings (SSSR count). The first-order chi connectivity index (χ1) is 29.5. The second-order valence-electron chi connectivity index (χ2n) is 15.9. The number of hydrogen-bond donors (Lipinski definition) is 4. The number of allylic oxidation sites excluding steroid dienone is 5. The molecule has 0 spiro atoms. The minimum Gasteiger partial charge on any atom is -0.453 e. The van der Waals surface area contributed by atoms with Crippen molar-refractivity contribution in [3.05, 3.63) is 131 Å². The van der Waals surface area contributed by atoms with Gasteiger partial charge in [0, 0.05) is 12.5 Å². The van der Waals surface area contributed by atoms with Gasteiger partial charge in [-0.15, -0.1) is 6.58 Å². The number of fused-ring (bicyclic) bond motifs is 3. The summed E-state index contributed by atoms with van der Waals surface area (Å²) in [6.07, 6.45) is 13.9. The summed E-state index contributed by atoms with van der Waals surface area (Å²) < 4.78 is 9.64. The summed E-state index contributed by atoms with van der Waals surface area (Å²) in [5.41, 5.74) is 7.73. The van der Waals surface area contributed by atoms with Gasteiger partial charge in [-0.05, 0) is 65.5 Å². The largest absolute Gasteiger partial charge is 0.453 e. The van der Waals surface area contributed by atoms with E-state index in [9.17, 15) is 19.2 Å². The highest BCUT2D eigenvalue weighted by Crippen LogP contribution is 2.43. The van der Waals surface area contributed by atoms with Crippen LogP contribution in [0.2, 0.25) is 0 Å². The standard InChI is InChI=1S/C47H54N8O6/c1-7-24-54(44(56)41(53-47(59)61-6)31-12-10-9-11-13-31)27-39-48-26-37(49-39)30-16-14-29(15-17-30)32-18-21-35-33(25-32)19-22-36-42(35)51-43(50-36)38-23-20-34(8-2)55(38)45(57)40(28(3)4)52-46(58)60-5/h8-19,22,25-26,28,34-35,38,40-41H,2,7,20-21,23-24,27H2,1,3-6H3,(H,48,49)(H,50,51)(H,52,58)(H,53,59)/t34?,35?,38?,40-,41+/m0/s1. The smallest absolute Gasteiger partial charge is 0.407 e. The average Bonchev–Trinajstić information content (AvgIpc) is 4.05. The summed E-state index contributed by atoms with van der Waals surface area (Å²) in [6, 6.07) is 15.3. The van der Waals surface area contributed by atoms with Crippen LogP contribution in [0, 0.1) is 5.92 Å². The Hall–Kier alpha value is -6.70. The molecule has 4 amide bonds. The molecule has 14 heteroatoms. The topological polar surface area (TPSA) is 175 Å². The Labute approximate surface area is 356 Å². The molecule has 3 aliphatic rings. The molecule has 2 aromatic heterocycles. The van der Waals surface area contributed by atoms with E-state index in [1.807, 2.05) is 49.9 Å². The van der Waals surface area contributed by atoms with E-state index in [4.69, 9.17) is 14.5 Å². The number of carbonyl (C=O) groups is 4. The number of amides is 4. The second-order valence-corrected chi connectivity index (χ2v) is 15.9. The van der Waals surface area contributed by atoms with Crippen molar-refractivity contribution >= 4 is 35.6 Å². The lowest BCUT2D eigenvalue weighted by Crippen LogP contribution is -2.52. The Bertz CT molecular complexity index is 2340. The van der Waals surface area contributed by atoms with E-state index in [2.05, 4.69) is 74.7 Å². The van der Waals surface area contributed by atoms with Crippen LogP contribution in [0.3, 0.4) is 0 Å². The molecule has 3 unspecified atom stereocenters. The summed E-state index contributed by atoms with van der Waals surface area (Å²) in [5, 5.41) is 5.42. The fraction of sp³-hybridized carbons (Fsp3) is 0.362. The van der Waals surface area contributed by atoms with Gasteiger partial charge in [-0.2, -0.15) is 0 Å². The second kappa shape index (κ2) is 18.7. The first kappa shape index (κ1) is 42.4. The third-order valence-corrected chi connectivity index (χ3v) is 11.7. The van der Waals surface area contributed by atoms with E-state index in [0.717, 1.165) is 65.3 Å². The van der Waals surface area contributed by atoms with Gasteiger partial charge >= 0.3 is 12.2 Å². The maximum Gasteiger partial charge on any atom is 0.407 e. The van der Waals surface area contributed by atoms with Crippen molar-refractivity contribution < 1.29 is 28.7 Å². The third kappa shape index (κ3) is 9.08. The van der Waals surface area contributed by atoms with Crippen LogP contribution < -0.4 is 10.6 Å². The van der Waals surface area contributed by atoms with Crippen LogP contribution >= 0.6 is 0 Å². The van der Waals surface area contributed by atoms with E-state index in [-0.39, 0.29) is 42.3 Å². The van der Waals surface area contributed by atoms with Crippen LogP contribution in [0.4, 0.5) is 9.59 Å². The highest BCUT2D eigenvalue weighted by Gasteiger charge is 2.42. The molecule has 2 aliphatic carbocycles. The minimum absolute atomic E-state index is 0.0937. The zero-order valence-corrected chi connectivity index (χ0v) is 35.3. The lowest BCUT2D eigenvalue weighted by Gasteiger charge is -2.33. The highest BCUT2D eigenvalue weighted by atomic mass is 16.5. The van der Waals surface area contributed by atoms with Crippen molar-refractivity contribution in [1.29, 1.82) is 0 Å². The van der Waals surface area contributed by atoms with Gasteiger partial charge in [0.2, 0.25) is 11.8 Å². The SMILES string of the molecule is C=CC1CCC(c2nc3c([nH]2)C2CC=C(c4ccc(-c5cnc(CN(CCC)C(=O)[C@H](NC(=O)OC)c6ccccc6)[nH]5)cc4)C=C2C=C3)N1C(=O)[C@@H](NC(=O)OC)C(C)C. The van der Waals surface area contributed by atoms with Crippen LogP contribution in [-0.2, 0) is 25.6 Å². The van der Waals surface area contributed by atoms with Gasteiger partial charge in [0.15, 0.2) is 0 Å². The fourth-order valence-corrected chi connectivity index (χ4v) is 8.47. The molecular formula is C47H54N8O6. The minimum atomic E-state index is -0.905. The maximum atomic E-state index is 14.0. The molecule has 318 valence electrons. The summed E-state index contributed by atoms with van der Waals surface area (Å²) >= 11 is 0. The number of imidazole rings is 2. The molecule has 3 heterocycles. The van der Waals surface area contributed by atoms with E-state index >= 15 is 0 Å². The van der Waals surface area contributed by atoms with Gasteiger partial charge in [-0.25, -0.2) is 19.6 Å². The van der Waals surface area contributed by atoms with Crippen molar-refractivity contribution in [1.82, 2.24) is 40.4 Å². The number of nitrogens with one attached hydrogen (secondary N) is 4. The number of benzene rings is 2. The summed E-state index contributed by atoms with van der Waals surface area (Å²) in [6.45, 7) is 10.5. The van der Waals surface area contributed by atoms with Crippen LogP contribution in [0.1, 0.15) is 98.6 Å². The Balaban J connectivity index is 1.03. The molecule has 4 aromatic rings. The Morgan fingerprint density at radius 1 is 0.967 bits per heavy atom. The number of aromatic amines is 2. The van der Waals surface area contributed by atoms with Crippen molar-refractivity contribution in [2.45, 2.75) is 83.1 Å². The van der Waals surface area contributed by atoms with Crippen LogP contribution in [0.25, 0.3) is 22.9 Å². The predicted octanol–water partition coefficient (Wildman–Crippen LogP) is 7.76. The Kier molecular flexibility index (Phi) is 13.0. The molecule has 61 heavy (non-hydrogen) atoms. The van der Waals surface area contributed by atoms with E-state index < -0.39 is 24.3 Å². The zero-order valence-electron chi connectivity index (χ0n) is 35.3. The first-order valence-electron chi connectivity index (χ1n) is 20.8. The average molecular weight is 827 g/mol. The molecule has 0 radical (unpaired) electrons. The number of aromatic nitrogens is 4. The van der Waals surface area contributed by atoms with E-state index in [0.29, 0.717) is 17.9 Å². The number of nitrogens with zero attached hydrogens (tertiary/aromatic N) is 4. The number of rotatable bonds is 14. The van der Waals surface area contributed by atoms with E-state index in [1.165, 1.54) is 19.8 Å². The van der Waals surface area contributed by atoms with Gasteiger partial charge in [-0.1, -0.05) is 99.7 Å². The van der Waals surface area contributed by atoms with Crippen molar-refractivity contribution in [2.24, 2.45) is 5.92 Å². The number of alkyl carbamates (subject to hydrolysis) is 2. The van der Waals surface area contributed by atoms with Crippen LogP contribution in [0.5, 0.6) is 0 Å². The molecular weight excluding hydrogens is 773 g/mol. The number of likely N-dealkylation sites (tertiary alicyclic amines) is 1. The highest BCUT2D eigenvalue weighted by molar-refractivity contribution is 5.88. The predicted molar refractivity (Wildman–Crippen MR) is 232 cm³/mol. The molecule has 2 aromatic carbocycles. The molecule has 0 bridgehead atoms. The first-order valence-corrected chi connectivity index (χ1v) is 20.8. The molecule has 1 saturated heterocycles. The Morgan fingerprint density at radius 3 is 2.38 bits per heavy atom. The van der Waals surface area contributed by atoms with E-state index in [1.54, 1.807) is 29.3 Å². The van der Waals surface area contributed by atoms with Gasteiger partial charge in [-0.3, -0.25) is 9.59 Å². The van der Waals surface area contributed by atoms with Gasteiger partial charge in [0.1, 0.15) is 23.7 Å². The molecule has 1 fully saturated rings. The van der Waals surface area contributed by atoms with Crippen molar-refractivity contribution in [2.75, 3.05) is 20.8 Å². The van der Waals surface area contributed by atoms with Gasteiger partial charge in [0.25, 0.3) is 0 Å². The number of H-pyrrole nitrogens is 2. The molecule has 1 aliphatic heterocycles. The number of hydrogen-bond acceptors (Lipinski definition) is 8. The van der Waals surface area contributed by atoms with Gasteiger partial charge < -0.3 is 39.9 Å². The fourth-order valence-electron chi connectivity index (χ4n) is 8.47. The molecule has 5 atom stereocenters. The summed E-state index contributed by atoms with van der Waals surface area (Å²) in [7, 11) is 2.56. The van der Waals surface area contributed by atoms with Crippen molar-refractivity contribution in [3.63, 3.8) is 0 Å². The zero-order chi connectivity index (χ0) is 43.2. The van der Waals surface area contributed by atoms with Crippen LogP contribution in [-0.4, -0.2) is 86.6 Å². The molecule has 0 saturated carbocycles. The number of ether oxygens (including phenoxy) is 2. The third-order valence-electron chi connectivity index (χ3n) is 11.7. The van der Waals surface area contributed by atoms with Crippen molar-refractivity contribution in [3.8, 4) is 11.3 Å². The molecule has 4 N–H and O–H groups in total. The Morgan fingerprint density at radius 2 is 1.69 bits per heavy atom. The lowest BCUT2D eigenvalue weighted by molar-refractivity contribution is -0.137.